The van der Waals surface area contributed by atoms with Gasteiger partial charge in [0, 0.05) is 12.0 Å². The van der Waals surface area contributed by atoms with Crippen molar-refractivity contribution in [3.63, 3.8) is 0 Å². The fraction of sp³-hybridized carbons (Fsp3) is 0.188. The van der Waals surface area contributed by atoms with Crippen LogP contribution in [0, 0.1) is 0 Å². The Labute approximate surface area is 120 Å². The summed E-state index contributed by atoms with van der Waals surface area (Å²) in [6, 6.07) is 11.1. The molecule has 1 aliphatic heterocycles. The van der Waals surface area contributed by atoms with Crippen LogP contribution in [0.4, 0.5) is 8.78 Å². The zero-order chi connectivity index (χ0) is 14.8. The number of rotatable bonds is 4. The minimum Gasteiger partial charge on any atom is -0.493 e. The lowest BCUT2D eigenvalue weighted by molar-refractivity contribution is -0.0501. The van der Waals surface area contributed by atoms with Gasteiger partial charge in [-0.05, 0) is 35.9 Å². The van der Waals surface area contributed by atoms with Gasteiger partial charge in [0.15, 0.2) is 5.78 Å². The predicted octanol–water partition coefficient (Wildman–Crippen LogP) is 3.45. The van der Waals surface area contributed by atoms with Gasteiger partial charge in [0.2, 0.25) is 0 Å². The van der Waals surface area contributed by atoms with Crippen molar-refractivity contribution in [3.8, 4) is 11.5 Å². The summed E-state index contributed by atoms with van der Waals surface area (Å²) in [5, 5.41) is 0. The summed E-state index contributed by atoms with van der Waals surface area (Å²) in [7, 11) is 0. The Morgan fingerprint density at radius 2 is 2.00 bits per heavy atom. The molecule has 0 bridgehead atoms. The number of ketones is 1. The van der Waals surface area contributed by atoms with Crippen molar-refractivity contribution >= 4 is 5.78 Å². The standard InChI is InChI=1S/C16H12F2O3/c17-16(18)21-14-4-2-1-3-12(14)15(19)11-5-6-13-10(9-11)7-8-20-13/h1-6,9,16H,7-8H2. The van der Waals surface area contributed by atoms with Gasteiger partial charge in [0.1, 0.15) is 11.5 Å². The summed E-state index contributed by atoms with van der Waals surface area (Å²) in [4.78, 5) is 12.5. The third kappa shape index (κ3) is 2.72. The van der Waals surface area contributed by atoms with Crippen molar-refractivity contribution < 1.29 is 23.0 Å². The lowest BCUT2D eigenvalue weighted by atomic mass is 10.00. The lowest BCUT2D eigenvalue weighted by Gasteiger charge is -2.10. The second-order valence-electron chi connectivity index (χ2n) is 4.62. The molecule has 1 heterocycles. The minimum absolute atomic E-state index is 0.116. The summed E-state index contributed by atoms with van der Waals surface area (Å²) < 4.78 is 34.6. The van der Waals surface area contributed by atoms with Gasteiger partial charge >= 0.3 is 6.61 Å². The predicted molar refractivity (Wildman–Crippen MR) is 72.1 cm³/mol. The molecule has 0 N–H and O–H groups in total. The Kier molecular flexibility index (Phi) is 3.56. The summed E-state index contributed by atoms with van der Waals surface area (Å²) >= 11 is 0. The van der Waals surface area contributed by atoms with E-state index in [9.17, 15) is 13.6 Å². The number of ether oxygens (including phenoxy) is 2. The molecule has 2 aromatic rings. The van der Waals surface area contributed by atoms with Crippen LogP contribution in [0.5, 0.6) is 11.5 Å². The second kappa shape index (κ2) is 5.52. The zero-order valence-corrected chi connectivity index (χ0v) is 11.0. The molecule has 0 radical (unpaired) electrons. The van der Waals surface area contributed by atoms with Crippen LogP contribution in [0.2, 0.25) is 0 Å². The first-order valence-electron chi connectivity index (χ1n) is 6.49. The van der Waals surface area contributed by atoms with E-state index in [-0.39, 0.29) is 17.1 Å². The number of carbonyl (C=O) groups excluding carboxylic acids is 1. The van der Waals surface area contributed by atoms with Crippen LogP contribution in [-0.4, -0.2) is 19.0 Å². The molecule has 1 aliphatic rings. The molecule has 0 atom stereocenters. The van der Waals surface area contributed by atoms with Gasteiger partial charge in [-0.2, -0.15) is 8.78 Å². The normalized spacial score (nSPS) is 12.9. The number of hydrogen-bond acceptors (Lipinski definition) is 3. The fourth-order valence-corrected chi connectivity index (χ4v) is 2.34. The maximum Gasteiger partial charge on any atom is 0.387 e. The third-order valence-corrected chi connectivity index (χ3v) is 3.30. The molecule has 0 saturated carbocycles. The Bertz CT molecular complexity index is 683. The van der Waals surface area contributed by atoms with Crippen LogP contribution < -0.4 is 9.47 Å². The quantitative estimate of drug-likeness (QED) is 0.809. The molecule has 3 nitrogen and oxygen atoms in total. The summed E-state index contributed by atoms with van der Waals surface area (Å²) in [6.45, 7) is -2.37. The largest absolute Gasteiger partial charge is 0.493 e. The topological polar surface area (TPSA) is 35.5 Å². The Morgan fingerprint density at radius 3 is 2.81 bits per heavy atom. The molecule has 0 spiro atoms. The van der Waals surface area contributed by atoms with Crippen molar-refractivity contribution in [2.24, 2.45) is 0 Å². The molecule has 0 aromatic heterocycles. The smallest absolute Gasteiger partial charge is 0.387 e. The van der Waals surface area contributed by atoms with Crippen molar-refractivity contribution in [1.29, 1.82) is 0 Å². The van der Waals surface area contributed by atoms with E-state index in [1.54, 1.807) is 30.3 Å². The van der Waals surface area contributed by atoms with Gasteiger partial charge in [0.25, 0.3) is 0 Å². The van der Waals surface area contributed by atoms with Gasteiger partial charge < -0.3 is 9.47 Å². The van der Waals surface area contributed by atoms with E-state index in [0.29, 0.717) is 12.2 Å². The molecular formula is C16H12F2O3. The maximum absolute atomic E-state index is 12.5. The van der Waals surface area contributed by atoms with Gasteiger partial charge in [0.05, 0.1) is 12.2 Å². The van der Waals surface area contributed by atoms with E-state index in [2.05, 4.69) is 4.74 Å². The lowest BCUT2D eigenvalue weighted by Crippen LogP contribution is -2.09. The van der Waals surface area contributed by atoms with E-state index < -0.39 is 6.61 Å². The molecule has 0 fully saturated rings. The van der Waals surface area contributed by atoms with Crippen LogP contribution in [-0.2, 0) is 6.42 Å². The molecule has 108 valence electrons. The maximum atomic E-state index is 12.5. The Hall–Kier alpha value is -2.43. The third-order valence-electron chi connectivity index (χ3n) is 3.30. The fourth-order valence-electron chi connectivity index (χ4n) is 2.34. The van der Waals surface area contributed by atoms with E-state index in [0.717, 1.165) is 17.7 Å². The summed E-state index contributed by atoms with van der Waals surface area (Å²) in [5.41, 5.74) is 1.51. The monoisotopic (exact) mass is 290 g/mol. The molecule has 5 heteroatoms. The van der Waals surface area contributed by atoms with Crippen molar-refractivity contribution in [2.45, 2.75) is 13.0 Å². The highest BCUT2D eigenvalue weighted by Gasteiger charge is 2.19. The first-order valence-corrected chi connectivity index (χ1v) is 6.49. The van der Waals surface area contributed by atoms with Crippen LogP contribution in [0.15, 0.2) is 42.5 Å². The van der Waals surface area contributed by atoms with Gasteiger partial charge in [-0.3, -0.25) is 4.79 Å². The summed E-state index contributed by atoms with van der Waals surface area (Å²) in [5.74, 6) is 0.305. The number of benzene rings is 2. The molecule has 0 amide bonds. The number of para-hydroxylation sites is 1. The molecule has 2 aromatic carbocycles. The van der Waals surface area contributed by atoms with Crippen LogP contribution >= 0.6 is 0 Å². The highest BCUT2D eigenvalue weighted by Crippen LogP contribution is 2.29. The van der Waals surface area contributed by atoms with Crippen molar-refractivity contribution in [2.75, 3.05) is 6.61 Å². The highest BCUT2D eigenvalue weighted by molar-refractivity contribution is 6.10. The van der Waals surface area contributed by atoms with Crippen molar-refractivity contribution in [1.82, 2.24) is 0 Å². The van der Waals surface area contributed by atoms with E-state index in [1.807, 2.05) is 0 Å². The van der Waals surface area contributed by atoms with E-state index in [4.69, 9.17) is 4.74 Å². The molecule has 21 heavy (non-hydrogen) atoms. The first kappa shape index (κ1) is 13.5. The Balaban J connectivity index is 1.95. The average Bonchev–Trinajstić information content (AvgIpc) is 2.94. The van der Waals surface area contributed by atoms with Crippen LogP contribution in [0.1, 0.15) is 21.5 Å². The number of fused-ring (bicyclic) bond motifs is 1. The molecular weight excluding hydrogens is 278 g/mol. The second-order valence-corrected chi connectivity index (χ2v) is 4.62. The van der Waals surface area contributed by atoms with Gasteiger partial charge in [-0.25, -0.2) is 0 Å². The van der Waals surface area contributed by atoms with Gasteiger partial charge in [-0.1, -0.05) is 12.1 Å². The SMILES string of the molecule is O=C(c1ccc2c(c1)CCO2)c1ccccc1OC(F)F. The number of halogens is 2. The minimum atomic E-state index is -2.97. The number of hydrogen-bond donors (Lipinski definition) is 0. The molecule has 3 rings (SSSR count). The first-order chi connectivity index (χ1) is 10.1. The average molecular weight is 290 g/mol. The zero-order valence-electron chi connectivity index (χ0n) is 11.0. The summed E-state index contributed by atoms with van der Waals surface area (Å²) in [6.07, 6.45) is 0.742. The van der Waals surface area contributed by atoms with Crippen LogP contribution in [0.3, 0.4) is 0 Å². The van der Waals surface area contributed by atoms with E-state index in [1.165, 1.54) is 12.1 Å². The number of alkyl halides is 2. The van der Waals surface area contributed by atoms with Crippen molar-refractivity contribution in [3.05, 3.63) is 59.2 Å². The Morgan fingerprint density at radius 1 is 1.19 bits per heavy atom. The molecule has 0 aliphatic carbocycles. The molecule has 0 unspecified atom stereocenters. The highest BCUT2D eigenvalue weighted by atomic mass is 19.3. The molecule has 0 saturated heterocycles. The number of carbonyl (C=O) groups is 1. The van der Waals surface area contributed by atoms with Gasteiger partial charge in [-0.15, -0.1) is 0 Å². The van der Waals surface area contributed by atoms with E-state index >= 15 is 0 Å². The van der Waals surface area contributed by atoms with Crippen LogP contribution in [0.25, 0.3) is 0 Å².